The van der Waals surface area contributed by atoms with E-state index in [1.165, 1.54) is 6.21 Å². The molecule has 0 atom stereocenters. The molecule has 1 aromatic heterocycles. The van der Waals surface area contributed by atoms with Gasteiger partial charge >= 0.3 is 5.69 Å². The third-order valence-electron chi connectivity index (χ3n) is 3.57. The monoisotopic (exact) mass is 355 g/mol. The topological polar surface area (TPSA) is 87.4 Å². The van der Waals surface area contributed by atoms with Crippen molar-refractivity contribution >= 4 is 23.5 Å². The van der Waals surface area contributed by atoms with Crippen LogP contribution in [0, 0.1) is 6.92 Å². The standard InChI is InChI=1S/C18H14ClN3O3/c1-11-5-4-6-12(9-11)22-17(24)13(16(23)21-18(22)25)10-20-15-8-3-2-7-14(15)19/h2-10,24H,1H3,(H,21,23,25). The number of rotatable bonds is 3. The normalized spacial score (nSPS) is 11.1. The summed E-state index contributed by atoms with van der Waals surface area (Å²) in [6.45, 7) is 1.86. The smallest absolute Gasteiger partial charge is 0.335 e. The molecule has 7 heteroatoms. The number of aryl methyl sites for hydroxylation is 1. The summed E-state index contributed by atoms with van der Waals surface area (Å²) in [5.41, 5.74) is 0.176. The van der Waals surface area contributed by atoms with Crippen LogP contribution in [0.4, 0.5) is 5.69 Å². The zero-order chi connectivity index (χ0) is 18.0. The van der Waals surface area contributed by atoms with E-state index < -0.39 is 17.1 Å². The van der Waals surface area contributed by atoms with Crippen LogP contribution >= 0.6 is 11.6 Å². The molecule has 2 N–H and O–H groups in total. The largest absolute Gasteiger partial charge is 0.493 e. The number of hydrogen-bond acceptors (Lipinski definition) is 4. The Hall–Kier alpha value is -3.12. The highest BCUT2D eigenvalue weighted by atomic mass is 35.5. The summed E-state index contributed by atoms with van der Waals surface area (Å²) in [7, 11) is 0. The van der Waals surface area contributed by atoms with Crippen LogP contribution in [0.3, 0.4) is 0 Å². The Balaban J connectivity index is 2.16. The lowest BCUT2D eigenvalue weighted by Gasteiger charge is -2.10. The van der Waals surface area contributed by atoms with Gasteiger partial charge in [-0.05, 0) is 36.8 Å². The molecule has 0 amide bonds. The van der Waals surface area contributed by atoms with Gasteiger partial charge in [-0.1, -0.05) is 35.9 Å². The molecule has 3 aromatic rings. The maximum absolute atomic E-state index is 12.1. The van der Waals surface area contributed by atoms with Crippen LogP contribution in [0.15, 0.2) is 63.1 Å². The zero-order valence-electron chi connectivity index (χ0n) is 13.2. The molecule has 0 unspecified atom stereocenters. The van der Waals surface area contributed by atoms with E-state index >= 15 is 0 Å². The fourth-order valence-electron chi connectivity index (χ4n) is 2.35. The van der Waals surface area contributed by atoms with Crippen LogP contribution in [-0.4, -0.2) is 20.9 Å². The Morgan fingerprint density at radius 3 is 2.64 bits per heavy atom. The number of benzene rings is 2. The van der Waals surface area contributed by atoms with Crippen molar-refractivity contribution in [3.8, 4) is 11.6 Å². The predicted octanol–water partition coefficient (Wildman–Crippen LogP) is 2.94. The van der Waals surface area contributed by atoms with Gasteiger partial charge in [0.1, 0.15) is 5.56 Å². The van der Waals surface area contributed by atoms with E-state index in [2.05, 4.69) is 9.98 Å². The molecule has 0 saturated carbocycles. The molecule has 0 fully saturated rings. The Morgan fingerprint density at radius 2 is 1.92 bits per heavy atom. The average Bonchev–Trinajstić information content (AvgIpc) is 2.56. The number of nitrogens with zero attached hydrogens (tertiary/aromatic N) is 2. The molecular weight excluding hydrogens is 342 g/mol. The minimum atomic E-state index is -0.734. The highest BCUT2D eigenvalue weighted by molar-refractivity contribution is 6.33. The second-order valence-corrected chi connectivity index (χ2v) is 5.79. The van der Waals surface area contributed by atoms with Gasteiger partial charge in [0.25, 0.3) is 5.56 Å². The van der Waals surface area contributed by atoms with Crippen molar-refractivity contribution in [1.82, 2.24) is 9.55 Å². The Kier molecular flexibility index (Phi) is 4.54. The first-order chi connectivity index (χ1) is 12.0. The number of H-pyrrole nitrogens is 1. The third-order valence-corrected chi connectivity index (χ3v) is 3.89. The summed E-state index contributed by atoms with van der Waals surface area (Å²) in [6.07, 6.45) is 1.18. The lowest BCUT2D eigenvalue weighted by Crippen LogP contribution is -2.31. The minimum Gasteiger partial charge on any atom is -0.493 e. The summed E-state index contributed by atoms with van der Waals surface area (Å²) < 4.78 is 1.02. The van der Waals surface area contributed by atoms with Crippen LogP contribution in [-0.2, 0) is 0 Å². The van der Waals surface area contributed by atoms with E-state index in [1.807, 2.05) is 13.0 Å². The van der Waals surface area contributed by atoms with E-state index in [1.54, 1.807) is 42.5 Å². The predicted molar refractivity (Wildman–Crippen MR) is 97.8 cm³/mol. The number of aromatic nitrogens is 2. The van der Waals surface area contributed by atoms with E-state index in [-0.39, 0.29) is 5.56 Å². The molecule has 0 bridgehead atoms. The highest BCUT2D eigenvalue weighted by Crippen LogP contribution is 2.24. The summed E-state index contributed by atoms with van der Waals surface area (Å²) in [5, 5.41) is 10.9. The van der Waals surface area contributed by atoms with Gasteiger partial charge in [0, 0.05) is 6.21 Å². The number of aromatic hydroxyl groups is 1. The fourth-order valence-corrected chi connectivity index (χ4v) is 2.54. The minimum absolute atomic E-state index is 0.138. The number of hydrogen-bond donors (Lipinski definition) is 2. The van der Waals surface area contributed by atoms with Gasteiger partial charge in [-0.15, -0.1) is 0 Å². The summed E-state index contributed by atoms with van der Waals surface area (Å²) in [5.74, 6) is -0.491. The Labute approximate surface area is 147 Å². The van der Waals surface area contributed by atoms with Gasteiger partial charge in [0.05, 0.1) is 16.4 Å². The first-order valence-corrected chi connectivity index (χ1v) is 7.79. The molecule has 2 aromatic carbocycles. The molecule has 0 spiro atoms. The summed E-state index contributed by atoms with van der Waals surface area (Å²) in [4.78, 5) is 30.5. The second-order valence-electron chi connectivity index (χ2n) is 5.38. The number of nitrogens with one attached hydrogen (secondary N) is 1. The van der Waals surface area contributed by atoms with Gasteiger partial charge in [-0.3, -0.25) is 14.8 Å². The van der Waals surface area contributed by atoms with Crippen molar-refractivity contribution in [2.45, 2.75) is 6.92 Å². The van der Waals surface area contributed by atoms with Crippen LogP contribution < -0.4 is 11.2 Å². The maximum atomic E-state index is 12.1. The van der Waals surface area contributed by atoms with E-state index in [0.29, 0.717) is 16.4 Å². The van der Waals surface area contributed by atoms with Crippen molar-refractivity contribution in [3.05, 3.63) is 85.5 Å². The van der Waals surface area contributed by atoms with Crippen molar-refractivity contribution in [3.63, 3.8) is 0 Å². The Bertz CT molecular complexity index is 1080. The fraction of sp³-hybridized carbons (Fsp3) is 0.0556. The quantitative estimate of drug-likeness (QED) is 0.708. The highest BCUT2D eigenvalue weighted by Gasteiger charge is 2.14. The van der Waals surface area contributed by atoms with Crippen molar-refractivity contribution in [1.29, 1.82) is 0 Å². The van der Waals surface area contributed by atoms with E-state index in [4.69, 9.17) is 11.6 Å². The van der Waals surface area contributed by atoms with Gasteiger partial charge in [0.15, 0.2) is 0 Å². The number of halogens is 1. The third kappa shape index (κ3) is 3.39. The molecule has 0 radical (unpaired) electrons. The maximum Gasteiger partial charge on any atom is 0.335 e. The SMILES string of the molecule is Cc1cccc(-n2c(O)c(C=Nc3ccccc3Cl)c(=O)[nH]c2=O)c1. The van der Waals surface area contributed by atoms with Gasteiger partial charge < -0.3 is 5.11 Å². The van der Waals surface area contributed by atoms with E-state index in [9.17, 15) is 14.7 Å². The molecule has 3 rings (SSSR count). The number of para-hydroxylation sites is 1. The molecular formula is C18H14ClN3O3. The van der Waals surface area contributed by atoms with Crippen molar-refractivity contribution in [2.75, 3.05) is 0 Å². The molecule has 6 nitrogen and oxygen atoms in total. The van der Waals surface area contributed by atoms with Crippen LogP contribution in [0.25, 0.3) is 5.69 Å². The summed E-state index contributed by atoms with van der Waals surface area (Å²) in [6, 6.07) is 13.8. The molecule has 0 aliphatic rings. The molecule has 25 heavy (non-hydrogen) atoms. The lowest BCUT2D eigenvalue weighted by atomic mass is 10.2. The first-order valence-electron chi connectivity index (χ1n) is 7.41. The van der Waals surface area contributed by atoms with Crippen LogP contribution in [0.5, 0.6) is 5.88 Å². The first kappa shape index (κ1) is 16.7. The Morgan fingerprint density at radius 1 is 1.16 bits per heavy atom. The van der Waals surface area contributed by atoms with Crippen LogP contribution in [0.2, 0.25) is 5.02 Å². The molecule has 1 heterocycles. The average molecular weight is 356 g/mol. The molecule has 0 saturated heterocycles. The number of aliphatic imine (C=N–C) groups is 1. The molecule has 0 aliphatic carbocycles. The lowest BCUT2D eigenvalue weighted by molar-refractivity contribution is 0.430. The zero-order valence-corrected chi connectivity index (χ0v) is 14.0. The second kappa shape index (κ2) is 6.78. The summed E-state index contributed by atoms with van der Waals surface area (Å²) >= 11 is 6.02. The van der Waals surface area contributed by atoms with Gasteiger partial charge in [-0.25, -0.2) is 9.36 Å². The number of aromatic amines is 1. The van der Waals surface area contributed by atoms with Gasteiger partial charge in [-0.2, -0.15) is 0 Å². The molecule has 126 valence electrons. The van der Waals surface area contributed by atoms with Crippen molar-refractivity contribution in [2.24, 2.45) is 4.99 Å². The van der Waals surface area contributed by atoms with Crippen LogP contribution in [0.1, 0.15) is 11.1 Å². The van der Waals surface area contributed by atoms with Gasteiger partial charge in [0.2, 0.25) is 5.88 Å². The van der Waals surface area contributed by atoms with Crippen molar-refractivity contribution < 1.29 is 5.11 Å². The van der Waals surface area contributed by atoms with E-state index in [0.717, 1.165) is 10.1 Å². The molecule has 0 aliphatic heterocycles.